The molecular formula is C37H31BClN3OPRu. The van der Waals surface area contributed by atoms with Gasteiger partial charge < -0.3 is 13.4 Å². The molecule has 223 valence electrons. The molecule has 0 saturated heterocycles. The third-order valence-corrected chi connectivity index (χ3v) is 9.10. The van der Waals surface area contributed by atoms with Crippen LogP contribution in [0.1, 0.15) is 0 Å². The number of hydrogen-bond donors (Lipinski definition) is 0. The second kappa shape index (κ2) is 20.0. The first kappa shape index (κ1) is 35.3. The number of hydrogen-bond acceptors (Lipinski definition) is 0. The van der Waals surface area contributed by atoms with E-state index in [9.17, 15) is 0 Å². The van der Waals surface area contributed by atoms with Gasteiger partial charge >= 0.3 is 30.8 Å². The van der Waals surface area contributed by atoms with Crippen molar-refractivity contribution in [1.82, 2.24) is 13.4 Å². The van der Waals surface area contributed by atoms with E-state index in [2.05, 4.69) is 154 Å². The molecule has 7 rings (SSSR count). The van der Waals surface area contributed by atoms with Crippen LogP contribution in [0.15, 0.2) is 189 Å². The summed E-state index contributed by atoms with van der Waals surface area (Å²) in [4.78, 5) is 0. The molecule has 1 radical (unpaired) electrons. The van der Waals surface area contributed by atoms with Crippen molar-refractivity contribution in [3.8, 4) is 0 Å². The molecule has 4 nitrogen and oxygen atoms in total. The normalized spacial score (nSPS) is 9.80. The molecule has 0 aliphatic carbocycles. The fraction of sp³-hybridized carbons (Fsp3) is 0. The average molecular weight is 712 g/mol. The van der Waals surface area contributed by atoms with Crippen LogP contribution < -0.4 is 15.9 Å². The van der Waals surface area contributed by atoms with Crippen LogP contribution in [-0.4, -0.2) is 20.6 Å². The standard InChI is InChI=1S/C18H15P.C12H12BN3.C6H4Cl.CO.Ru/c1-4-10-16(11-5-1)19(17-12-6-2-7-13-17)18-14-8-3-9-15-18;1-2-8-14(7-1)13(15-9-3-4-10-15)16-11-5-6-12-16;7-6-4-2-1-3-5-6;1-2;/h1-15H;1-12H;2-5H;;/q;2*-1;;+2. The van der Waals surface area contributed by atoms with Crippen molar-refractivity contribution in [2.45, 2.75) is 0 Å². The molecule has 0 amide bonds. The van der Waals surface area contributed by atoms with Crippen LogP contribution in [-0.2, 0) is 24.1 Å². The molecule has 0 saturated carbocycles. The first-order chi connectivity index (χ1) is 21.8. The predicted octanol–water partition coefficient (Wildman–Crippen LogP) is 7.57. The largest absolute Gasteiger partial charge is 2.00 e. The minimum absolute atomic E-state index is 0. The third-order valence-electron chi connectivity index (χ3n) is 6.40. The Bertz CT molecular complexity index is 1540. The van der Waals surface area contributed by atoms with Gasteiger partial charge in [-0.15, -0.1) is 11.6 Å². The van der Waals surface area contributed by atoms with E-state index in [0.717, 1.165) is 5.02 Å². The fourth-order valence-electron chi connectivity index (χ4n) is 4.51. The second-order valence-electron chi connectivity index (χ2n) is 9.30. The van der Waals surface area contributed by atoms with Gasteiger partial charge in [-0.2, -0.15) is 30.3 Å². The zero-order valence-electron chi connectivity index (χ0n) is 24.4. The van der Waals surface area contributed by atoms with E-state index in [1.807, 2.05) is 36.4 Å². The molecular weight excluding hydrogens is 681 g/mol. The Hall–Kier alpha value is -4.13. The summed E-state index contributed by atoms with van der Waals surface area (Å²) in [7, 11) is -0.307. The Morgan fingerprint density at radius 1 is 0.489 bits per heavy atom. The summed E-state index contributed by atoms with van der Waals surface area (Å²) < 4.78 is 14.0. The summed E-state index contributed by atoms with van der Waals surface area (Å²) in [6, 6.07) is 54.6. The quantitative estimate of drug-likeness (QED) is 0.0739. The molecule has 7 aromatic rings. The number of rotatable bonds is 6. The molecule has 3 aromatic heterocycles. The van der Waals surface area contributed by atoms with Crippen molar-refractivity contribution >= 4 is 42.6 Å². The van der Waals surface area contributed by atoms with Gasteiger partial charge in [0.15, 0.2) is 0 Å². The van der Waals surface area contributed by atoms with Gasteiger partial charge in [-0.25, -0.2) is 0 Å². The van der Waals surface area contributed by atoms with Crippen molar-refractivity contribution in [1.29, 1.82) is 0 Å². The van der Waals surface area contributed by atoms with Crippen molar-refractivity contribution in [3.63, 3.8) is 0 Å². The van der Waals surface area contributed by atoms with Crippen LogP contribution in [0.5, 0.6) is 0 Å². The average Bonchev–Trinajstić information content (AvgIpc) is 3.91. The predicted molar refractivity (Wildman–Crippen MR) is 185 cm³/mol. The molecule has 0 unspecified atom stereocenters. The zero-order chi connectivity index (χ0) is 30.8. The Morgan fingerprint density at radius 3 is 1.02 bits per heavy atom. The maximum Gasteiger partial charge on any atom is 2.00 e. The Balaban J connectivity index is 0.000000192. The minimum atomic E-state index is -0.446. The molecule has 8 heteroatoms. The monoisotopic (exact) mass is 712 g/mol. The SMILES string of the molecule is Clc1cc[c-]cc1.[C-]#[O+].[Ru+2].c1ccc(P(c2ccccc2)c2ccccc2)cc1.c1ccn([B-](n2cccc2)n2cccc2)c1. The number of halogens is 1. The Morgan fingerprint density at radius 2 is 0.778 bits per heavy atom. The topological polar surface area (TPSA) is 34.7 Å². The van der Waals surface area contributed by atoms with E-state index in [4.69, 9.17) is 16.3 Å². The van der Waals surface area contributed by atoms with Gasteiger partial charge in [-0.05, 0) is 97.4 Å². The molecule has 0 aliphatic rings. The van der Waals surface area contributed by atoms with Gasteiger partial charge in [0, 0.05) is 0 Å². The van der Waals surface area contributed by atoms with E-state index in [0.29, 0.717) is 0 Å². The molecule has 0 bridgehead atoms. The van der Waals surface area contributed by atoms with E-state index in [1.165, 1.54) is 15.9 Å². The van der Waals surface area contributed by atoms with Crippen molar-refractivity contribution in [2.75, 3.05) is 0 Å². The van der Waals surface area contributed by atoms with Crippen molar-refractivity contribution in [3.05, 3.63) is 207 Å². The fourth-order valence-corrected chi connectivity index (χ4v) is 6.94. The van der Waals surface area contributed by atoms with Gasteiger partial charge in [0.2, 0.25) is 7.12 Å². The molecule has 3 heterocycles. The summed E-state index contributed by atoms with van der Waals surface area (Å²) in [6.45, 7) is 4.50. The Kier molecular flexibility index (Phi) is 15.7. The van der Waals surface area contributed by atoms with Crippen molar-refractivity contribution in [2.24, 2.45) is 0 Å². The summed E-state index contributed by atoms with van der Waals surface area (Å²) in [5.41, 5.74) is 0. The van der Waals surface area contributed by atoms with Gasteiger partial charge in [0.1, 0.15) is 0 Å². The third kappa shape index (κ3) is 10.8. The number of benzene rings is 4. The van der Waals surface area contributed by atoms with E-state index in [-0.39, 0.29) is 26.6 Å². The van der Waals surface area contributed by atoms with Crippen LogP contribution in [0, 0.1) is 12.7 Å². The zero-order valence-corrected chi connectivity index (χ0v) is 27.8. The first-order valence-electron chi connectivity index (χ1n) is 13.9. The molecule has 0 spiro atoms. The Labute approximate surface area is 285 Å². The molecule has 45 heavy (non-hydrogen) atoms. The number of nitrogens with zero attached hydrogens (tertiary/aromatic N) is 3. The van der Waals surface area contributed by atoms with Gasteiger partial charge in [0.05, 0.1) is 0 Å². The number of aromatic nitrogens is 3. The smallest absolute Gasteiger partial charge is 0.514 e. The summed E-state index contributed by atoms with van der Waals surface area (Å²) in [6.07, 6.45) is 12.4. The maximum atomic E-state index is 7.50. The van der Waals surface area contributed by atoms with Crippen LogP contribution in [0.4, 0.5) is 0 Å². The van der Waals surface area contributed by atoms with Crippen LogP contribution >= 0.6 is 19.5 Å². The van der Waals surface area contributed by atoms with Gasteiger partial charge in [-0.1, -0.05) is 96.0 Å². The molecule has 0 aliphatic heterocycles. The summed E-state index contributed by atoms with van der Waals surface area (Å²) in [5.74, 6) is 0. The maximum absolute atomic E-state index is 7.50. The van der Waals surface area contributed by atoms with E-state index >= 15 is 0 Å². The van der Waals surface area contributed by atoms with Gasteiger partial charge in [-0.3, -0.25) is 0 Å². The summed E-state index contributed by atoms with van der Waals surface area (Å²) >= 11 is 5.52. The van der Waals surface area contributed by atoms with Crippen LogP contribution in [0.2, 0.25) is 5.02 Å². The molecule has 0 atom stereocenters. The minimum Gasteiger partial charge on any atom is -0.514 e. The van der Waals surface area contributed by atoms with E-state index < -0.39 is 7.92 Å². The molecule has 0 fully saturated rings. The molecule has 0 N–H and O–H groups in total. The van der Waals surface area contributed by atoms with Gasteiger partial charge in [0.25, 0.3) is 0 Å². The molecule has 4 aromatic carbocycles. The summed E-state index contributed by atoms with van der Waals surface area (Å²) in [5, 5.41) is 4.96. The van der Waals surface area contributed by atoms with Crippen molar-refractivity contribution < 1.29 is 24.1 Å². The van der Waals surface area contributed by atoms with Crippen LogP contribution in [0.25, 0.3) is 0 Å². The first-order valence-corrected chi connectivity index (χ1v) is 15.7. The second-order valence-corrected chi connectivity index (χ2v) is 12.0. The van der Waals surface area contributed by atoms with E-state index in [1.54, 1.807) is 24.3 Å². The van der Waals surface area contributed by atoms with Crippen LogP contribution in [0.3, 0.4) is 0 Å².